The average Bonchev–Trinajstić information content (AvgIpc) is 2.46. The summed E-state index contributed by atoms with van der Waals surface area (Å²) in [4.78, 5) is 11.5. The topological polar surface area (TPSA) is 68.3 Å². The predicted molar refractivity (Wildman–Crippen MR) is 85.6 cm³/mol. The van der Waals surface area contributed by atoms with Gasteiger partial charge in [0.25, 0.3) is 0 Å². The Morgan fingerprint density at radius 1 is 1.24 bits per heavy atom. The van der Waals surface area contributed by atoms with Crippen molar-refractivity contribution in [1.82, 2.24) is 0 Å². The Labute approximate surface area is 124 Å². The lowest BCUT2D eigenvalue weighted by Crippen LogP contribution is -2.29. The molecule has 1 aliphatic rings. The minimum absolute atomic E-state index is 0.293. The van der Waals surface area contributed by atoms with Gasteiger partial charge in [-0.15, -0.1) is 0 Å². The first kappa shape index (κ1) is 14.1. The molecule has 2 aromatic rings. The average molecular weight is 286 g/mol. The summed E-state index contributed by atoms with van der Waals surface area (Å²) in [6.45, 7) is 2.88. The van der Waals surface area contributed by atoms with Crippen LogP contribution in [-0.4, -0.2) is 12.6 Å². The highest BCUT2D eigenvalue weighted by Crippen LogP contribution is 2.25. The Balaban J connectivity index is 1.71. The lowest BCUT2D eigenvalue weighted by molar-refractivity contribution is 0.339. The first-order chi connectivity index (χ1) is 10.1. The molecule has 0 saturated heterocycles. The van der Waals surface area contributed by atoms with Crippen LogP contribution in [0.3, 0.4) is 0 Å². The Morgan fingerprint density at radius 2 is 2.00 bits per heavy atom. The molecule has 1 fully saturated rings. The standard InChI is InChI=1S/C17H22N2O2/c1-11-8-17(20)21-16-9-14(6-7-15(11)16)19-10-12-2-4-13(18)5-3-12/h6-9,12-13,19H,2-5,10,18H2,1H3. The van der Waals surface area contributed by atoms with Crippen LogP contribution in [0.5, 0.6) is 0 Å². The van der Waals surface area contributed by atoms with Gasteiger partial charge in [-0.2, -0.15) is 0 Å². The second-order valence-electron chi connectivity index (χ2n) is 6.12. The number of nitrogens with one attached hydrogen (secondary N) is 1. The quantitative estimate of drug-likeness (QED) is 0.851. The van der Waals surface area contributed by atoms with Crippen molar-refractivity contribution in [2.75, 3.05) is 11.9 Å². The van der Waals surface area contributed by atoms with Crippen LogP contribution in [-0.2, 0) is 0 Å². The summed E-state index contributed by atoms with van der Waals surface area (Å²) in [5, 5.41) is 4.45. The Bertz CT molecular complexity index is 685. The molecule has 3 rings (SSSR count). The van der Waals surface area contributed by atoms with Gasteiger partial charge in [0.1, 0.15) is 5.58 Å². The lowest BCUT2D eigenvalue weighted by atomic mass is 9.86. The Morgan fingerprint density at radius 3 is 2.76 bits per heavy atom. The van der Waals surface area contributed by atoms with Crippen molar-refractivity contribution in [3.05, 3.63) is 40.2 Å². The molecule has 0 bridgehead atoms. The predicted octanol–water partition coefficient (Wildman–Crippen LogP) is 3.03. The number of hydrogen-bond donors (Lipinski definition) is 2. The first-order valence-corrected chi connectivity index (χ1v) is 7.66. The molecule has 21 heavy (non-hydrogen) atoms. The fourth-order valence-electron chi connectivity index (χ4n) is 3.09. The van der Waals surface area contributed by atoms with Gasteiger partial charge in [-0.3, -0.25) is 0 Å². The van der Waals surface area contributed by atoms with E-state index in [0.717, 1.165) is 36.0 Å². The SMILES string of the molecule is Cc1cc(=O)oc2cc(NCC3CCC(N)CC3)ccc12. The third-order valence-corrected chi connectivity index (χ3v) is 4.44. The Hall–Kier alpha value is -1.81. The third kappa shape index (κ3) is 3.27. The van der Waals surface area contributed by atoms with Crippen molar-refractivity contribution >= 4 is 16.7 Å². The van der Waals surface area contributed by atoms with Crippen LogP contribution in [0.15, 0.2) is 33.5 Å². The van der Waals surface area contributed by atoms with Crippen LogP contribution in [0.2, 0.25) is 0 Å². The maximum absolute atomic E-state index is 11.5. The maximum Gasteiger partial charge on any atom is 0.336 e. The van der Waals surface area contributed by atoms with Gasteiger partial charge in [0.05, 0.1) is 0 Å². The molecule has 4 heteroatoms. The second kappa shape index (κ2) is 5.90. The zero-order valence-corrected chi connectivity index (χ0v) is 12.4. The number of rotatable bonds is 3. The molecule has 0 aliphatic heterocycles. The number of fused-ring (bicyclic) bond motifs is 1. The van der Waals surface area contributed by atoms with Gasteiger partial charge in [-0.25, -0.2) is 4.79 Å². The molecule has 1 saturated carbocycles. The molecular weight excluding hydrogens is 264 g/mol. The van der Waals surface area contributed by atoms with Gasteiger partial charge in [0.15, 0.2) is 0 Å². The molecule has 1 heterocycles. The van der Waals surface area contributed by atoms with Crippen molar-refractivity contribution in [1.29, 1.82) is 0 Å². The molecule has 3 N–H and O–H groups in total. The minimum atomic E-state index is -0.293. The van der Waals surface area contributed by atoms with E-state index in [0.29, 0.717) is 17.5 Å². The van der Waals surface area contributed by atoms with E-state index in [2.05, 4.69) is 5.32 Å². The van der Waals surface area contributed by atoms with Crippen LogP contribution < -0.4 is 16.7 Å². The largest absolute Gasteiger partial charge is 0.423 e. The highest BCUT2D eigenvalue weighted by molar-refractivity contribution is 5.83. The molecule has 0 unspecified atom stereocenters. The summed E-state index contributed by atoms with van der Waals surface area (Å²) in [6.07, 6.45) is 4.63. The number of aryl methyl sites for hydroxylation is 1. The van der Waals surface area contributed by atoms with E-state index in [1.54, 1.807) is 0 Å². The highest BCUT2D eigenvalue weighted by Gasteiger charge is 2.18. The Kier molecular flexibility index (Phi) is 3.97. The number of anilines is 1. The van der Waals surface area contributed by atoms with Crippen molar-refractivity contribution < 1.29 is 4.42 Å². The summed E-state index contributed by atoms with van der Waals surface area (Å²) in [7, 11) is 0. The van der Waals surface area contributed by atoms with Crippen molar-refractivity contribution in [2.45, 2.75) is 38.6 Å². The van der Waals surface area contributed by atoms with Gasteiger partial charge < -0.3 is 15.5 Å². The zero-order chi connectivity index (χ0) is 14.8. The van der Waals surface area contributed by atoms with E-state index in [1.807, 2.05) is 25.1 Å². The van der Waals surface area contributed by atoms with Gasteiger partial charge in [0.2, 0.25) is 0 Å². The summed E-state index contributed by atoms with van der Waals surface area (Å²) in [5.41, 5.74) is 8.25. The number of nitrogens with two attached hydrogens (primary N) is 1. The summed E-state index contributed by atoms with van der Waals surface area (Å²) < 4.78 is 5.28. The molecular formula is C17H22N2O2. The molecule has 0 atom stereocenters. The second-order valence-corrected chi connectivity index (χ2v) is 6.12. The molecule has 112 valence electrons. The van der Waals surface area contributed by atoms with E-state index >= 15 is 0 Å². The smallest absolute Gasteiger partial charge is 0.336 e. The van der Waals surface area contributed by atoms with Gasteiger partial charge in [-0.1, -0.05) is 0 Å². The molecule has 0 radical (unpaired) electrons. The van der Waals surface area contributed by atoms with Crippen LogP contribution in [0, 0.1) is 12.8 Å². The van der Waals surface area contributed by atoms with E-state index < -0.39 is 0 Å². The van der Waals surface area contributed by atoms with Crippen LogP contribution >= 0.6 is 0 Å². The summed E-state index contributed by atoms with van der Waals surface area (Å²) in [6, 6.07) is 7.88. The van der Waals surface area contributed by atoms with Crippen LogP contribution in [0.1, 0.15) is 31.2 Å². The lowest BCUT2D eigenvalue weighted by Gasteiger charge is -2.26. The van der Waals surface area contributed by atoms with Crippen LogP contribution in [0.4, 0.5) is 5.69 Å². The zero-order valence-electron chi connectivity index (χ0n) is 12.4. The van der Waals surface area contributed by atoms with Crippen molar-refractivity contribution in [3.63, 3.8) is 0 Å². The van der Waals surface area contributed by atoms with E-state index in [-0.39, 0.29) is 5.63 Å². The van der Waals surface area contributed by atoms with E-state index in [9.17, 15) is 4.79 Å². The van der Waals surface area contributed by atoms with Crippen molar-refractivity contribution in [2.24, 2.45) is 11.7 Å². The highest BCUT2D eigenvalue weighted by atomic mass is 16.4. The van der Waals surface area contributed by atoms with Gasteiger partial charge in [-0.05, 0) is 56.2 Å². The summed E-state index contributed by atoms with van der Waals surface area (Å²) in [5.74, 6) is 0.685. The molecule has 4 nitrogen and oxygen atoms in total. The number of hydrogen-bond acceptors (Lipinski definition) is 4. The van der Waals surface area contributed by atoms with E-state index in [1.165, 1.54) is 18.9 Å². The molecule has 1 aromatic heterocycles. The number of benzene rings is 1. The normalized spacial score (nSPS) is 22.4. The minimum Gasteiger partial charge on any atom is -0.423 e. The molecule has 0 spiro atoms. The van der Waals surface area contributed by atoms with Crippen molar-refractivity contribution in [3.8, 4) is 0 Å². The monoisotopic (exact) mass is 286 g/mol. The molecule has 1 aromatic carbocycles. The van der Waals surface area contributed by atoms with Gasteiger partial charge in [0, 0.05) is 35.8 Å². The van der Waals surface area contributed by atoms with E-state index in [4.69, 9.17) is 10.2 Å². The fraction of sp³-hybridized carbons (Fsp3) is 0.471. The maximum atomic E-state index is 11.5. The fourth-order valence-corrected chi connectivity index (χ4v) is 3.09. The molecule has 0 amide bonds. The first-order valence-electron chi connectivity index (χ1n) is 7.66. The molecule has 1 aliphatic carbocycles. The third-order valence-electron chi connectivity index (χ3n) is 4.44. The summed E-state index contributed by atoms with van der Waals surface area (Å²) >= 11 is 0. The van der Waals surface area contributed by atoms with Gasteiger partial charge >= 0.3 is 5.63 Å². The van der Waals surface area contributed by atoms with Crippen LogP contribution in [0.25, 0.3) is 11.0 Å².